The Morgan fingerprint density at radius 2 is 1.53 bits per heavy atom. The summed E-state index contributed by atoms with van der Waals surface area (Å²) in [6.07, 6.45) is -4.54. The molecule has 162 valence electrons. The van der Waals surface area contributed by atoms with Crippen molar-refractivity contribution in [2.45, 2.75) is 13.1 Å². The van der Waals surface area contributed by atoms with Gasteiger partial charge in [-0.3, -0.25) is 9.59 Å². The van der Waals surface area contributed by atoms with Gasteiger partial charge in [-0.2, -0.15) is 13.2 Å². The fourth-order valence-corrected chi connectivity index (χ4v) is 3.50. The summed E-state index contributed by atoms with van der Waals surface area (Å²) in [5.74, 6) is -1.26. The van der Waals surface area contributed by atoms with E-state index in [0.717, 1.165) is 22.6 Å². The zero-order chi connectivity index (χ0) is 23.0. The number of halogens is 4. The Morgan fingerprint density at radius 1 is 0.875 bits per heavy atom. The van der Waals surface area contributed by atoms with Crippen LogP contribution in [0.25, 0.3) is 5.57 Å². The van der Waals surface area contributed by atoms with Crippen LogP contribution in [0.15, 0.2) is 78.5 Å². The summed E-state index contributed by atoms with van der Waals surface area (Å²) in [5.41, 5.74) is 0.864. The van der Waals surface area contributed by atoms with E-state index in [9.17, 15) is 22.8 Å². The van der Waals surface area contributed by atoms with Crippen LogP contribution in [0.4, 0.5) is 24.5 Å². The summed E-state index contributed by atoms with van der Waals surface area (Å²) in [6, 6.07) is 17.5. The van der Waals surface area contributed by atoms with Gasteiger partial charge in [-0.1, -0.05) is 47.5 Å². The summed E-state index contributed by atoms with van der Waals surface area (Å²) in [5, 5.41) is 3.18. The molecule has 0 fully saturated rings. The lowest BCUT2D eigenvalue weighted by Gasteiger charge is -2.15. The molecule has 0 saturated heterocycles. The third-order valence-corrected chi connectivity index (χ3v) is 5.22. The zero-order valence-electron chi connectivity index (χ0n) is 16.7. The molecule has 0 atom stereocenters. The Balaban J connectivity index is 1.81. The molecule has 32 heavy (non-hydrogen) atoms. The van der Waals surface area contributed by atoms with Crippen molar-refractivity contribution in [1.29, 1.82) is 0 Å². The Morgan fingerprint density at radius 3 is 2.16 bits per heavy atom. The Hall–Kier alpha value is -3.58. The van der Waals surface area contributed by atoms with E-state index in [2.05, 4.69) is 5.32 Å². The molecule has 0 radical (unpaired) electrons. The van der Waals surface area contributed by atoms with Gasteiger partial charge in [0.2, 0.25) is 0 Å². The summed E-state index contributed by atoms with van der Waals surface area (Å²) >= 11 is 5.92. The molecular weight excluding hydrogens is 441 g/mol. The normalized spacial score (nSPS) is 14.3. The van der Waals surface area contributed by atoms with Crippen molar-refractivity contribution in [3.05, 3.63) is 100 Å². The first-order valence-electron chi connectivity index (χ1n) is 9.55. The molecule has 2 amide bonds. The van der Waals surface area contributed by atoms with Crippen molar-refractivity contribution >= 4 is 40.4 Å². The van der Waals surface area contributed by atoms with Gasteiger partial charge in [0.1, 0.15) is 5.70 Å². The molecule has 1 aliphatic heterocycles. The number of imide groups is 1. The van der Waals surface area contributed by atoms with Gasteiger partial charge in [0, 0.05) is 10.7 Å². The highest BCUT2D eigenvalue weighted by Crippen LogP contribution is 2.36. The van der Waals surface area contributed by atoms with Crippen LogP contribution < -0.4 is 10.2 Å². The Kier molecular flexibility index (Phi) is 5.52. The molecule has 1 heterocycles. The van der Waals surface area contributed by atoms with Gasteiger partial charge in [0.15, 0.2) is 0 Å². The topological polar surface area (TPSA) is 49.4 Å². The van der Waals surface area contributed by atoms with Gasteiger partial charge in [-0.05, 0) is 55.0 Å². The number of amides is 2. The van der Waals surface area contributed by atoms with E-state index in [1.807, 2.05) is 6.92 Å². The summed E-state index contributed by atoms with van der Waals surface area (Å²) < 4.78 is 39.4. The lowest BCUT2D eigenvalue weighted by atomic mass is 10.0. The maximum atomic E-state index is 13.3. The predicted octanol–water partition coefficient (Wildman–Crippen LogP) is 6.06. The van der Waals surface area contributed by atoms with E-state index in [-0.39, 0.29) is 17.0 Å². The predicted molar refractivity (Wildman–Crippen MR) is 117 cm³/mol. The van der Waals surface area contributed by atoms with Crippen molar-refractivity contribution in [3.63, 3.8) is 0 Å². The lowest BCUT2D eigenvalue weighted by molar-refractivity contribution is -0.137. The van der Waals surface area contributed by atoms with Crippen molar-refractivity contribution in [2.75, 3.05) is 10.2 Å². The minimum Gasteiger partial charge on any atom is -0.350 e. The molecule has 0 aliphatic carbocycles. The zero-order valence-corrected chi connectivity index (χ0v) is 17.5. The second kappa shape index (κ2) is 8.16. The summed E-state index contributed by atoms with van der Waals surface area (Å²) in [7, 11) is 0. The van der Waals surface area contributed by atoms with E-state index in [1.165, 1.54) is 24.3 Å². The minimum absolute atomic E-state index is 0.0403. The summed E-state index contributed by atoms with van der Waals surface area (Å²) in [4.78, 5) is 27.5. The molecule has 8 heteroatoms. The van der Waals surface area contributed by atoms with Crippen LogP contribution in [0.1, 0.15) is 16.7 Å². The molecule has 0 unspecified atom stereocenters. The molecule has 4 rings (SSSR count). The number of hydrogen-bond acceptors (Lipinski definition) is 3. The number of alkyl halides is 3. The van der Waals surface area contributed by atoms with Crippen molar-refractivity contribution in [2.24, 2.45) is 0 Å². The molecule has 3 aromatic carbocycles. The largest absolute Gasteiger partial charge is 0.416 e. The van der Waals surface area contributed by atoms with Crippen molar-refractivity contribution < 1.29 is 22.8 Å². The SMILES string of the molecule is Cc1ccc(C2=C(Nc3cccc(C(F)(F)F)c3)C(=O)N(c3ccc(Cl)cc3)C2=O)cc1. The van der Waals surface area contributed by atoms with Crippen LogP contribution in [0.5, 0.6) is 0 Å². The second-order valence-corrected chi connectivity index (χ2v) is 7.68. The van der Waals surface area contributed by atoms with Crippen LogP contribution in [0, 0.1) is 6.92 Å². The molecule has 0 spiro atoms. The minimum atomic E-state index is -4.54. The number of rotatable bonds is 4. The second-order valence-electron chi connectivity index (χ2n) is 7.24. The molecule has 0 bridgehead atoms. The van der Waals surface area contributed by atoms with Crippen LogP contribution in [-0.2, 0) is 15.8 Å². The van der Waals surface area contributed by atoms with Gasteiger partial charge in [-0.15, -0.1) is 0 Å². The lowest BCUT2D eigenvalue weighted by Crippen LogP contribution is -2.32. The number of anilines is 2. The first-order chi connectivity index (χ1) is 15.1. The molecule has 4 nitrogen and oxygen atoms in total. The fourth-order valence-electron chi connectivity index (χ4n) is 3.38. The monoisotopic (exact) mass is 456 g/mol. The van der Waals surface area contributed by atoms with E-state index >= 15 is 0 Å². The van der Waals surface area contributed by atoms with Gasteiger partial charge in [-0.25, -0.2) is 4.90 Å². The average Bonchev–Trinajstić information content (AvgIpc) is 2.99. The summed E-state index contributed by atoms with van der Waals surface area (Å²) in [6.45, 7) is 1.88. The first-order valence-corrected chi connectivity index (χ1v) is 9.93. The average molecular weight is 457 g/mol. The molecule has 1 N–H and O–H groups in total. The van der Waals surface area contributed by atoms with Gasteiger partial charge >= 0.3 is 6.18 Å². The quantitative estimate of drug-likeness (QED) is 0.485. The van der Waals surface area contributed by atoms with Crippen LogP contribution >= 0.6 is 11.6 Å². The number of carbonyl (C=O) groups is 2. The van der Waals surface area contributed by atoms with Gasteiger partial charge < -0.3 is 5.32 Å². The number of carbonyl (C=O) groups excluding carboxylic acids is 2. The molecule has 0 aromatic heterocycles. The van der Waals surface area contributed by atoms with Crippen LogP contribution in [-0.4, -0.2) is 11.8 Å². The fraction of sp³-hybridized carbons (Fsp3) is 0.0833. The number of nitrogens with one attached hydrogen (secondary N) is 1. The number of benzene rings is 3. The third-order valence-electron chi connectivity index (χ3n) is 4.97. The van der Waals surface area contributed by atoms with E-state index in [0.29, 0.717) is 16.3 Å². The highest BCUT2D eigenvalue weighted by Gasteiger charge is 2.40. The smallest absolute Gasteiger partial charge is 0.350 e. The van der Waals surface area contributed by atoms with E-state index in [4.69, 9.17) is 11.6 Å². The molecule has 3 aromatic rings. The van der Waals surface area contributed by atoms with Crippen molar-refractivity contribution in [3.8, 4) is 0 Å². The molecule has 1 aliphatic rings. The number of hydrogen-bond donors (Lipinski definition) is 1. The van der Waals surface area contributed by atoms with Gasteiger partial charge in [0.25, 0.3) is 11.8 Å². The van der Waals surface area contributed by atoms with Crippen LogP contribution in [0.3, 0.4) is 0 Å². The Bertz CT molecular complexity index is 1230. The highest BCUT2D eigenvalue weighted by atomic mass is 35.5. The Labute approximate surface area is 186 Å². The highest BCUT2D eigenvalue weighted by molar-refractivity contribution is 6.46. The van der Waals surface area contributed by atoms with E-state index < -0.39 is 23.6 Å². The van der Waals surface area contributed by atoms with Crippen molar-refractivity contribution in [1.82, 2.24) is 0 Å². The molecule has 0 saturated carbocycles. The van der Waals surface area contributed by atoms with E-state index in [1.54, 1.807) is 36.4 Å². The first kappa shape index (κ1) is 21.6. The maximum absolute atomic E-state index is 13.3. The standard InChI is InChI=1S/C24H16ClF3N2O2/c1-14-5-7-15(8-6-14)20-21(29-18-4-2-3-16(13-18)24(26,27)28)23(32)30(22(20)31)19-11-9-17(25)10-12-19/h2-13,29H,1H3. The van der Waals surface area contributed by atoms with Crippen LogP contribution in [0.2, 0.25) is 5.02 Å². The number of aryl methyl sites for hydroxylation is 1. The maximum Gasteiger partial charge on any atom is 0.416 e. The van der Waals surface area contributed by atoms with Gasteiger partial charge in [0.05, 0.1) is 16.8 Å². The third kappa shape index (κ3) is 4.11. The number of nitrogens with zero attached hydrogens (tertiary/aromatic N) is 1. The molecular formula is C24H16ClF3N2O2.